The van der Waals surface area contributed by atoms with Crippen molar-refractivity contribution >= 4 is 5.78 Å². The molecule has 4 heteroatoms. The Bertz CT molecular complexity index is 436. The van der Waals surface area contributed by atoms with Crippen molar-refractivity contribution in [2.45, 2.75) is 25.9 Å². The number of rotatable bonds is 4. The Morgan fingerprint density at radius 2 is 2.26 bits per heavy atom. The lowest BCUT2D eigenvalue weighted by atomic mass is 10.1. The fraction of sp³-hybridized carbons (Fsp3) is 0.533. The third-order valence-corrected chi connectivity index (χ3v) is 3.37. The molecule has 2 rings (SSSR count). The lowest BCUT2D eigenvalue weighted by Gasteiger charge is -2.21. The lowest BCUT2D eigenvalue weighted by Crippen LogP contribution is -2.32. The summed E-state index contributed by atoms with van der Waals surface area (Å²) in [5.74, 6) is -0.559. The number of benzene rings is 1. The average molecular weight is 265 g/mol. The van der Waals surface area contributed by atoms with Crippen LogP contribution in [-0.2, 0) is 4.74 Å². The van der Waals surface area contributed by atoms with Gasteiger partial charge in [0, 0.05) is 32.7 Å². The fourth-order valence-corrected chi connectivity index (χ4v) is 2.37. The zero-order valence-electron chi connectivity index (χ0n) is 11.3. The summed E-state index contributed by atoms with van der Waals surface area (Å²) in [6, 6.07) is 6.17. The van der Waals surface area contributed by atoms with E-state index in [1.54, 1.807) is 18.2 Å². The molecule has 0 aromatic heterocycles. The molecule has 1 aromatic carbocycles. The Morgan fingerprint density at radius 1 is 1.47 bits per heavy atom. The predicted octanol–water partition coefficient (Wildman–Crippen LogP) is 2.51. The van der Waals surface area contributed by atoms with E-state index >= 15 is 0 Å². The topological polar surface area (TPSA) is 29.5 Å². The smallest absolute Gasteiger partial charge is 0.167 e. The van der Waals surface area contributed by atoms with Gasteiger partial charge < -0.3 is 9.64 Å². The van der Waals surface area contributed by atoms with Crippen molar-refractivity contribution in [3.8, 4) is 0 Å². The van der Waals surface area contributed by atoms with E-state index in [4.69, 9.17) is 4.74 Å². The number of carbonyl (C=O) groups excluding carboxylic acids is 1. The molecule has 1 unspecified atom stereocenters. The number of ether oxygens (including phenoxy) is 1. The highest BCUT2D eigenvalue weighted by Gasteiger charge is 2.17. The zero-order chi connectivity index (χ0) is 13.7. The summed E-state index contributed by atoms with van der Waals surface area (Å²) >= 11 is 0. The number of Topliss-reactive ketones (excluding diaryl/α,β-unsaturated/α-hetero) is 1. The Kier molecular flexibility index (Phi) is 5.05. The summed E-state index contributed by atoms with van der Waals surface area (Å²) in [6.07, 6.45) is 1.54. The van der Waals surface area contributed by atoms with Gasteiger partial charge in [-0.05, 0) is 25.5 Å². The average Bonchev–Trinajstić information content (AvgIpc) is 2.61. The van der Waals surface area contributed by atoms with Gasteiger partial charge in [0.1, 0.15) is 5.82 Å². The van der Waals surface area contributed by atoms with Gasteiger partial charge in [-0.3, -0.25) is 4.79 Å². The second kappa shape index (κ2) is 6.78. The molecule has 1 aromatic rings. The molecule has 19 heavy (non-hydrogen) atoms. The maximum atomic E-state index is 13.5. The van der Waals surface area contributed by atoms with E-state index in [-0.39, 0.29) is 17.5 Å². The van der Waals surface area contributed by atoms with E-state index in [1.165, 1.54) is 6.07 Å². The second-order valence-corrected chi connectivity index (χ2v) is 4.99. The maximum Gasteiger partial charge on any atom is 0.167 e. The van der Waals surface area contributed by atoms with E-state index in [0.717, 1.165) is 26.1 Å². The Labute approximate surface area is 113 Å². The van der Waals surface area contributed by atoms with E-state index in [2.05, 4.69) is 4.90 Å². The van der Waals surface area contributed by atoms with Gasteiger partial charge in [-0.2, -0.15) is 0 Å². The molecule has 1 aliphatic rings. The number of ketones is 1. The highest BCUT2D eigenvalue weighted by molar-refractivity contribution is 5.96. The Morgan fingerprint density at radius 3 is 3.05 bits per heavy atom. The molecule has 0 spiro atoms. The van der Waals surface area contributed by atoms with Crippen LogP contribution < -0.4 is 0 Å². The first kappa shape index (κ1) is 14.2. The lowest BCUT2D eigenvalue weighted by molar-refractivity contribution is 0.0667. The number of hydrogen-bond donors (Lipinski definition) is 0. The summed E-state index contributed by atoms with van der Waals surface area (Å²) in [4.78, 5) is 14.2. The molecule has 104 valence electrons. The van der Waals surface area contributed by atoms with Crippen LogP contribution in [0.1, 0.15) is 30.1 Å². The molecular weight excluding hydrogens is 245 g/mol. The number of halogens is 1. The van der Waals surface area contributed by atoms with Crippen LogP contribution in [0.4, 0.5) is 4.39 Å². The summed E-state index contributed by atoms with van der Waals surface area (Å²) in [6.45, 7) is 5.26. The van der Waals surface area contributed by atoms with E-state index < -0.39 is 5.82 Å². The van der Waals surface area contributed by atoms with Gasteiger partial charge >= 0.3 is 0 Å². The minimum atomic E-state index is -0.430. The largest absolute Gasteiger partial charge is 0.377 e. The number of hydrogen-bond acceptors (Lipinski definition) is 3. The van der Waals surface area contributed by atoms with Crippen LogP contribution >= 0.6 is 0 Å². The van der Waals surface area contributed by atoms with Crippen molar-refractivity contribution in [2.75, 3.05) is 26.2 Å². The zero-order valence-corrected chi connectivity index (χ0v) is 11.3. The van der Waals surface area contributed by atoms with Crippen molar-refractivity contribution in [3.63, 3.8) is 0 Å². The van der Waals surface area contributed by atoms with Crippen LogP contribution in [0.3, 0.4) is 0 Å². The predicted molar refractivity (Wildman–Crippen MR) is 71.8 cm³/mol. The molecule has 1 heterocycles. The Hall–Kier alpha value is -1.26. The highest BCUT2D eigenvalue weighted by atomic mass is 19.1. The van der Waals surface area contributed by atoms with E-state index in [9.17, 15) is 9.18 Å². The molecule has 1 saturated heterocycles. The van der Waals surface area contributed by atoms with E-state index in [0.29, 0.717) is 13.0 Å². The van der Waals surface area contributed by atoms with Crippen molar-refractivity contribution in [2.24, 2.45) is 0 Å². The third kappa shape index (κ3) is 4.11. The van der Waals surface area contributed by atoms with Crippen molar-refractivity contribution in [3.05, 3.63) is 35.6 Å². The first-order chi connectivity index (χ1) is 9.16. The molecule has 0 radical (unpaired) electrons. The summed E-state index contributed by atoms with van der Waals surface area (Å²) in [5.41, 5.74) is 0.196. The molecule has 1 fully saturated rings. The molecule has 0 N–H and O–H groups in total. The van der Waals surface area contributed by atoms with Crippen molar-refractivity contribution < 1.29 is 13.9 Å². The van der Waals surface area contributed by atoms with Gasteiger partial charge in [-0.1, -0.05) is 12.1 Å². The first-order valence-corrected chi connectivity index (χ1v) is 6.78. The van der Waals surface area contributed by atoms with Gasteiger partial charge in [0.05, 0.1) is 11.7 Å². The maximum absolute atomic E-state index is 13.5. The van der Waals surface area contributed by atoms with Crippen molar-refractivity contribution in [1.82, 2.24) is 4.90 Å². The summed E-state index contributed by atoms with van der Waals surface area (Å²) in [5, 5.41) is 0. The van der Waals surface area contributed by atoms with Gasteiger partial charge in [0.25, 0.3) is 0 Å². The minimum absolute atomic E-state index is 0.129. The summed E-state index contributed by atoms with van der Waals surface area (Å²) < 4.78 is 19.0. The van der Waals surface area contributed by atoms with Crippen LogP contribution in [-0.4, -0.2) is 43.0 Å². The van der Waals surface area contributed by atoms with Crippen LogP contribution in [0, 0.1) is 5.82 Å². The first-order valence-electron chi connectivity index (χ1n) is 6.78. The van der Waals surface area contributed by atoms with E-state index in [1.807, 2.05) is 6.92 Å². The molecule has 1 atom stereocenters. The molecular formula is C15H20FNO2. The molecule has 1 aliphatic heterocycles. The Balaban J connectivity index is 1.88. The third-order valence-electron chi connectivity index (χ3n) is 3.37. The standard InChI is InChI=1S/C15H20FNO2/c1-12-11-17(8-4-10-19-12)9-7-15(18)13-5-2-3-6-14(13)16/h2-3,5-6,12H,4,7-11H2,1H3. The second-order valence-electron chi connectivity index (χ2n) is 4.99. The summed E-state index contributed by atoms with van der Waals surface area (Å²) in [7, 11) is 0. The number of carbonyl (C=O) groups is 1. The van der Waals surface area contributed by atoms with Gasteiger partial charge in [-0.25, -0.2) is 4.39 Å². The number of nitrogens with zero attached hydrogens (tertiary/aromatic N) is 1. The molecule has 0 bridgehead atoms. The van der Waals surface area contributed by atoms with Crippen molar-refractivity contribution in [1.29, 1.82) is 0 Å². The monoisotopic (exact) mass is 265 g/mol. The van der Waals surface area contributed by atoms with Gasteiger partial charge in [0.2, 0.25) is 0 Å². The molecule has 3 nitrogen and oxygen atoms in total. The van der Waals surface area contributed by atoms with Crippen LogP contribution in [0.15, 0.2) is 24.3 Å². The normalized spacial score (nSPS) is 21.1. The molecule has 0 aliphatic carbocycles. The highest BCUT2D eigenvalue weighted by Crippen LogP contribution is 2.11. The quantitative estimate of drug-likeness (QED) is 0.783. The van der Waals surface area contributed by atoms with Gasteiger partial charge in [-0.15, -0.1) is 0 Å². The minimum Gasteiger partial charge on any atom is -0.377 e. The van der Waals surface area contributed by atoms with Crippen LogP contribution in [0.5, 0.6) is 0 Å². The van der Waals surface area contributed by atoms with Gasteiger partial charge in [0.15, 0.2) is 5.78 Å². The molecule has 0 amide bonds. The van der Waals surface area contributed by atoms with Crippen LogP contribution in [0.25, 0.3) is 0 Å². The fourth-order valence-electron chi connectivity index (χ4n) is 2.37. The SMILES string of the molecule is CC1CN(CCC(=O)c2ccccc2F)CCCO1. The van der Waals surface area contributed by atoms with Crippen LogP contribution in [0.2, 0.25) is 0 Å². The molecule has 0 saturated carbocycles.